The van der Waals surface area contributed by atoms with Gasteiger partial charge in [0.05, 0.1) is 30.7 Å². The van der Waals surface area contributed by atoms with E-state index in [1.807, 2.05) is 6.92 Å². The van der Waals surface area contributed by atoms with Crippen molar-refractivity contribution < 1.29 is 19.0 Å². The smallest absolute Gasteiger partial charge is 0.256 e. The third-order valence-corrected chi connectivity index (χ3v) is 5.34. The number of unbranched alkanes of at least 4 members (excludes halogenated alkanes) is 7. The topological polar surface area (TPSA) is 89.7 Å². The van der Waals surface area contributed by atoms with Crippen LogP contribution in [0, 0.1) is 0 Å². The van der Waals surface area contributed by atoms with Gasteiger partial charge in [-0.05, 0) is 19.4 Å². The van der Waals surface area contributed by atoms with Crippen LogP contribution in [0.5, 0.6) is 11.5 Å². The minimum atomic E-state index is -0.430. The van der Waals surface area contributed by atoms with E-state index in [-0.39, 0.29) is 11.0 Å². The minimum Gasteiger partial charge on any atom is -0.490 e. The number of hydrogen-bond donors (Lipinski definition) is 2. The first-order chi connectivity index (χ1) is 15.6. The van der Waals surface area contributed by atoms with Gasteiger partial charge in [0.2, 0.25) is 5.43 Å². The molecule has 0 aliphatic rings. The number of ether oxygens (including phenoxy) is 3. The first-order valence-corrected chi connectivity index (χ1v) is 11.8. The van der Waals surface area contributed by atoms with Gasteiger partial charge in [-0.25, -0.2) is 0 Å². The number of rotatable bonds is 16. The Morgan fingerprint density at radius 2 is 1.62 bits per heavy atom. The molecule has 1 amide bonds. The lowest BCUT2D eigenvalue weighted by Gasteiger charge is -2.14. The molecule has 0 atom stereocenters. The highest BCUT2D eigenvalue weighted by molar-refractivity contribution is 5.97. The lowest BCUT2D eigenvalue weighted by molar-refractivity contribution is 0.0936. The van der Waals surface area contributed by atoms with E-state index in [0.29, 0.717) is 48.8 Å². The standard InChI is InChI=1S/C25H38N2O5/c1-4-6-7-8-9-10-11-12-14-32-22-16-19-21(17-23(22)31-5-2)27-18-20(24(19)28)25(29)26-13-15-30-3/h16-18H,4-15H2,1-3H3,(H,26,29)(H,27,28). The highest BCUT2D eigenvalue weighted by Crippen LogP contribution is 2.31. The van der Waals surface area contributed by atoms with E-state index >= 15 is 0 Å². The molecule has 0 spiro atoms. The van der Waals surface area contributed by atoms with Crippen molar-refractivity contribution in [2.24, 2.45) is 0 Å². The highest BCUT2D eigenvalue weighted by Gasteiger charge is 2.16. The summed E-state index contributed by atoms with van der Waals surface area (Å²) in [6.45, 7) is 5.91. The second kappa shape index (κ2) is 14.5. The molecule has 0 unspecified atom stereocenters. The number of amides is 1. The van der Waals surface area contributed by atoms with E-state index < -0.39 is 5.91 Å². The van der Waals surface area contributed by atoms with Gasteiger partial charge in [0.15, 0.2) is 11.5 Å². The van der Waals surface area contributed by atoms with Crippen molar-refractivity contribution in [2.45, 2.75) is 65.2 Å². The summed E-state index contributed by atoms with van der Waals surface area (Å²) in [5.74, 6) is 0.692. The Hall–Kier alpha value is -2.54. The van der Waals surface area contributed by atoms with Crippen LogP contribution in [-0.2, 0) is 4.74 Å². The quantitative estimate of drug-likeness (QED) is 0.361. The van der Waals surface area contributed by atoms with Crippen molar-refractivity contribution >= 4 is 16.8 Å². The molecule has 1 aromatic carbocycles. The second-order valence-corrected chi connectivity index (χ2v) is 7.88. The molecule has 2 rings (SSSR count). The molecule has 0 saturated carbocycles. The Morgan fingerprint density at radius 1 is 0.938 bits per heavy atom. The minimum absolute atomic E-state index is 0.0618. The van der Waals surface area contributed by atoms with Gasteiger partial charge >= 0.3 is 0 Å². The summed E-state index contributed by atoms with van der Waals surface area (Å²) in [5, 5.41) is 3.08. The largest absolute Gasteiger partial charge is 0.490 e. The maximum absolute atomic E-state index is 12.9. The molecule has 7 heteroatoms. The lowest BCUT2D eigenvalue weighted by atomic mass is 10.1. The maximum Gasteiger partial charge on any atom is 0.256 e. The van der Waals surface area contributed by atoms with Crippen LogP contribution in [0.4, 0.5) is 0 Å². The molecule has 0 aliphatic carbocycles. The van der Waals surface area contributed by atoms with E-state index in [1.54, 1.807) is 19.2 Å². The molecule has 0 bridgehead atoms. The average Bonchev–Trinajstić information content (AvgIpc) is 2.79. The van der Waals surface area contributed by atoms with Crippen LogP contribution in [-0.4, -0.2) is 44.4 Å². The van der Waals surface area contributed by atoms with Gasteiger partial charge in [0, 0.05) is 25.9 Å². The first-order valence-electron chi connectivity index (χ1n) is 11.8. The van der Waals surface area contributed by atoms with Gasteiger partial charge < -0.3 is 24.5 Å². The molecule has 2 aromatic rings. The summed E-state index contributed by atoms with van der Waals surface area (Å²) in [6, 6.07) is 3.44. The van der Waals surface area contributed by atoms with E-state index in [4.69, 9.17) is 14.2 Å². The molecule has 2 N–H and O–H groups in total. The third kappa shape index (κ3) is 7.86. The molecule has 0 saturated heterocycles. The predicted molar refractivity (Wildman–Crippen MR) is 128 cm³/mol. The Kier molecular flexibility index (Phi) is 11.7. The molecule has 1 heterocycles. The summed E-state index contributed by atoms with van der Waals surface area (Å²) in [5.41, 5.74) is 0.326. The Balaban J connectivity index is 2.05. The van der Waals surface area contributed by atoms with Crippen LogP contribution in [0.3, 0.4) is 0 Å². The summed E-state index contributed by atoms with van der Waals surface area (Å²) in [4.78, 5) is 28.3. The molecule has 0 fully saturated rings. The van der Waals surface area contributed by atoms with Crippen LogP contribution < -0.4 is 20.2 Å². The first kappa shape index (κ1) is 25.7. The zero-order chi connectivity index (χ0) is 23.2. The number of aromatic amines is 1. The molecular weight excluding hydrogens is 408 g/mol. The van der Waals surface area contributed by atoms with Gasteiger partial charge in [-0.2, -0.15) is 0 Å². The zero-order valence-electron chi connectivity index (χ0n) is 19.8. The number of carbonyl (C=O) groups excluding carboxylic acids is 1. The molecule has 0 aliphatic heterocycles. The lowest BCUT2D eigenvalue weighted by Crippen LogP contribution is -2.31. The number of aromatic nitrogens is 1. The highest BCUT2D eigenvalue weighted by atomic mass is 16.5. The normalized spacial score (nSPS) is 11.0. The molecule has 32 heavy (non-hydrogen) atoms. The summed E-state index contributed by atoms with van der Waals surface area (Å²) in [6.07, 6.45) is 11.2. The van der Waals surface area contributed by atoms with E-state index in [1.165, 1.54) is 44.7 Å². The van der Waals surface area contributed by atoms with Crippen molar-refractivity contribution in [3.05, 3.63) is 34.1 Å². The van der Waals surface area contributed by atoms with Crippen molar-refractivity contribution in [1.82, 2.24) is 10.3 Å². The van der Waals surface area contributed by atoms with E-state index in [9.17, 15) is 9.59 Å². The van der Waals surface area contributed by atoms with E-state index in [0.717, 1.165) is 12.8 Å². The van der Waals surface area contributed by atoms with Crippen LogP contribution in [0.1, 0.15) is 75.6 Å². The second-order valence-electron chi connectivity index (χ2n) is 7.88. The Labute approximate surface area is 190 Å². The van der Waals surface area contributed by atoms with Gasteiger partial charge in [0.25, 0.3) is 5.91 Å². The molecule has 7 nitrogen and oxygen atoms in total. The van der Waals surface area contributed by atoms with Crippen LogP contribution in [0.2, 0.25) is 0 Å². The van der Waals surface area contributed by atoms with Crippen molar-refractivity contribution in [1.29, 1.82) is 0 Å². The van der Waals surface area contributed by atoms with Crippen molar-refractivity contribution in [2.75, 3.05) is 33.5 Å². The van der Waals surface area contributed by atoms with Gasteiger partial charge in [-0.1, -0.05) is 51.9 Å². The zero-order valence-corrected chi connectivity index (χ0v) is 19.8. The monoisotopic (exact) mass is 446 g/mol. The number of methoxy groups -OCH3 is 1. The summed E-state index contributed by atoms with van der Waals surface area (Å²) in [7, 11) is 1.56. The van der Waals surface area contributed by atoms with Gasteiger partial charge in [-0.3, -0.25) is 9.59 Å². The Morgan fingerprint density at radius 3 is 2.31 bits per heavy atom. The number of hydrogen-bond acceptors (Lipinski definition) is 5. The van der Waals surface area contributed by atoms with Gasteiger partial charge in [0.1, 0.15) is 5.56 Å². The van der Waals surface area contributed by atoms with Crippen molar-refractivity contribution in [3.8, 4) is 11.5 Å². The van der Waals surface area contributed by atoms with Crippen LogP contribution >= 0.6 is 0 Å². The van der Waals surface area contributed by atoms with Crippen molar-refractivity contribution in [3.63, 3.8) is 0 Å². The van der Waals surface area contributed by atoms with Crippen LogP contribution in [0.25, 0.3) is 10.9 Å². The van der Waals surface area contributed by atoms with Crippen LogP contribution in [0.15, 0.2) is 23.1 Å². The number of benzene rings is 1. The van der Waals surface area contributed by atoms with E-state index in [2.05, 4.69) is 17.2 Å². The van der Waals surface area contributed by atoms with Gasteiger partial charge in [-0.15, -0.1) is 0 Å². The SMILES string of the molecule is CCCCCCCCCCOc1cc2c(=O)c(C(=O)NCCOC)c[nH]c2cc1OCC. The number of carbonyl (C=O) groups is 1. The maximum atomic E-state index is 12.9. The third-order valence-electron chi connectivity index (χ3n) is 5.34. The fourth-order valence-electron chi connectivity index (χ4n) is 3.56. The number of pyridine rings is 1. The molecule has 178 valence electrons. The molecule has 0 radical (unpaired) electrons. The number of nitrogens with one attached hydrogen (secondary N) is 2. The summed E-state index contributed by atoms with van der Waals surface area (Å²) < 4.78 is 16.6. The summed E-state index contributed by atoms with van der Waals surface area (Å²) >= 11 is 0. The number of H-pyrrole nitrogens is 1. The fourth-order valence-corrected chi connectivity index (χ4v) is 3.56. The fraction of sp³-hybridized carbons (Fsp3) is 0.600. The average molecular weight is 447 g/mol. The number of fused-ring (bicyclic) bond motifs is 1. The molecular formula is C25H38N2O5. The predicted octanol–water partition coefficient (Wildman–Crippen LogP) is 4.82. The molecule has 1 aromatic heterocycles. The Bertz CT molecular complexity index is 894.